The van der Waals surface area contributed by atoms with Gasteiger partial charge in [0.05, 0.1) is 13.2 Å². The van der Waals surface area contributed by atoms with Crippen molar-refractivity contribution in [1.29, 1.82) is 0 Å². The molecule has 27 heavy (non-hydrogen) atoms. The van der Waals surface area contributed by atoms with Crippen LogP contribution in [0, 0.1) is 5.82 Å². The molecule has 6 heteroatoms. The van der Waals surface area contributed by atoms with Crippen LogP contribution in [-0.4, -0.2) is 40.6 Å². The Labute approximate surface area is 158 Å². The molecule has 0 N–H and O–H groups in total. The molecule has 0 fully saturated rings. The van der Waals surface area contributed by atoms with E-state index in [-0.39, 0.29) is 11.7 Å². The number of carbonyl (C=O) groups is 1. The maximum atomic E-state index is 13.2. The van der Waals surface area contributed by atoms with Crippen LogP contribution >= 0.6 is 0 Å². The van der Waals surface area contributed by atoms with Gasteiger partial charge >= 0.3 is 0 Å². The van der Waals surface area contributed by atoms with Gasteiger partial charge in [0.25, 0.3) is 5.91 Å². The lowest BCUT2D eigenvalue weighted by molar-refractivity contribution is 0.0673. The number of aromatic nitrogens is 2. The monoisotopic (exact) mass is 367 g/mol. The zero-order valence-corrected chi connectivity index (χ0v) is 15.2. The molecular weight excluding hydrogens is 345 g/mol. The quantitative estimate of drug-likeness (QED) is 0.613. The smallest absolute Gasteiger partial charge is 0.254 e. The van der Waals surface area contributed by atoms with E-state index in [1.54, 1.807) is 18.2 Å². The molecule has 0 aliphatic heterocycles. The molecule has 1 aromatic heterocycles. The van der Waals surface area contributed by atoms with Gasteiger partial charge in [0.15, 0.2) is 0 Å². The van der Waals surface area contributed by atoms with Crippen molar-refractivity contribution < 1.29 is 13.9 Å². The summed E-state index contributed by atoms with van der Waals surface area (Å²) in [4.78, 5) is 19.0. The SMILES string of the molecule is COCCN(Cc1nccn1Cc1ccccc1)C(=O)c1ccc(F)cc1. The second-order valence-electron chi connectivity index (χ2n) is 6.18. The maximum absolute atomic E-state index is 13.2. The molecule has 0 atom stereocenters. The van der Waals surface area contributed by atoms with Gasteiger partial charge < -0.3 is 14.2 Å². The van der Waals surface area contributed by atoms with E-state index in [0.29, 0.717) is 31.8 Å². The van der Waals surface area contributed by atoms with E-state index >= 15 is 0 Å². The second-order valence-corrected chi connectivity index (χ2v) is 6.18. The minimum Gasteiger partial charge on any atom is -0.383 e. The van der Waals surface area contributed by atoms with Gasteiger partial charge in [-0.15, -0.1) is 0 Å². The van der Waals surface area contributed by atoms with Crippen LogP contribution in [0.1, 0.15) is 21.7 Å². The largest absolute Gasteiger partial charge is 0.383 e. The molecule has 0 spiro atoms. The molecule has 1 heterocycles. The predicted octanol–water partition coefficient (Wildman–Crippen LogP) is 3.36. The van der Waals surface area contributed by atoms with E-state index in [1.807, 2.05) is 29.0 Å². The third-order valence-electron chi connectivity index (χ3n) is 4.27. The molecule has 0 saturated carbocycles. The number of hydrogen-bond acceptors (Lipinski definition) is 3. The molecule has 5 nitrogen and oxygen atoms in total. The van der Waals surface area contributed by atoms with E-state index < -0.39 is 0 Å². The molecule has 0 saturated heterocycles. The highest BCUT2D eigenvalue weighted by Gasteiger charge is 2.18. The van der Waals surface area contributed by atoms with Crippen LogP contribution in [0.5, 0.6) is 0 Å². The Bertz CT molecular complexity index is 863. The highest BCUT2D eigenvalue weighted by Crippen LogP contribution is 2.12. The zero-order chi connectivity index (χ0) is 19.1. The molecule has 0 unspecified atom stereocenters. The molecule has 3 rings (SSSR count). The lowest BCUT2D eigenvalue weighted by Crippen LogP contribution is -2.34. The summed E-state index contributed by atoms with van der Waals surface area (Å²) in [6.07, 6.45) is 3.63. The van der Waals surface area contributed by atoms with Gasteiger partial charge in [-0.05, 0) is 29.8 Å². The number of methoxy groups -OCH3 is 1. The number of amides is 1. The van der Waals surface area contributed by atoms with E-state index in [2.05, 4.69) is 17.1 Å². The fourth-order valence-corrected chi connectivity index (χ4v) is 2.82. The number of halogens is 1. The van der Waals surface area contributed by atoms with Crippen molar-refractivity contribution in [3.63, 3.8) is 0 Å². The molecule has 1 amide bonds. The Morgan fingerprint density at radius 3 is 2.59 bits per heavy atom. The first kappa shape index (κ1) is 18.8. The number of ether oxygens (including phenoxy) is 1. The second kappa shape index (κ2) is 9.09. The first-order valence-electron chi connectivity index (χ1n) is 8.75. The lowest BCUT2D eigenvalue weighted by atomic mass is 10.2. The van der Waals surface area contributed by atoms with Gasteiger partial charge in [0.2, 0.25) is 0 Å². The van der Waals surface area contributed by atoms with Crippen molar-refractivity contribution in [2.75, 3.05) is 20.3 Å². The highest BCUT2D eigenvalue weighted by molar-refractivity contribution is 5.94. The molecular formula is C21H22FN3O2. The topological polar surface area (TPSA) is 47.4 Å². The van der Waals surface area contributed by atoms with Gasteiger partial charge in [0.1, 0.15) is 11.6 Å². The van der Waals surface area contributed by atoms with E-state index in [4.69, 9.17) is 4.74 Å². The summed E-state index contributed by atoms with van der Waals surface area (Å²) < 4.78 is 20.3. The van der Waals surface area contributed by atoms with E-state index in [0.717, 1.165) is 11.4 Å². The number of nitrogens with zero attached hydrogens (tertiary/aromatic N) is 3. The maximum Gasteiger partial charge on any atom is 0.254 e. The van der Waals surface area contributed by atoms with Crippen molar-refractivity contribution in [2.24, 2.45) is 0 Å². The van der Waals surface area contributed by atoms with Gasteiger partial charge in [-0.2, -0.15) is 0 Å². The molecule has 0 radical (unpaired) electrons. The average Bonchev–Trinajstić information content (AvgIpc) is 3.12. The Balaban J connectivity index is 1.78. The lowest BCUT2D eigenvalue weighted by Gasteiger charge is -2.23. The average molecular weight is 367 g/mol. The number of rotatable bonds is 8. The highest BCUT2D eigenvalue weighted by atomic mass is 19.1. The zero-order valence-electron chi connectivity index (χ0n) is 15.2. The summed E-state index contributed by atoms with van der Waals surface area (Å²) >= 11 is 0. The van der Waals surface area contributed by atoms with Gasteiger partial charge in [-0.1, -0.05) is 30.3 Å². The standard InChI is InChI=1S/C21H22FN3O2/c1-27-14-13-25(21(26)18-7-9-19(22)10-8-18)16-20-23-11-12-24(20)15-17-5-3-2-4-6-17/h2-12H,13-16H2,1H3. The van der Waals surface area contributed by atoms with Gasteiger partial charge in [0, 0.05) is 38.2 Å². The Morgan fingerprint density at radius 2 is 1.89 bits per heavy atom. The third kappa shape index (κ3) is 5.01. The molecule has 140 valence electrons. The summed E-state index contributed by atoms with van der Waals surface area (Å²) in [6, 6.07) is 15.6. The van der Waals surface area contributed by atoms with E-state index in [9.17, 15) is 9.18 Å². The Hall–Kier alpha value is -2.99. The summed E-state index contributed by atoms with van der Waals surface area (Å²) in [6.45, 7) is 1.86. The normalized spacial score (nSPS) is 10.7. The van der Waals surface area contributed by atoms with Crippen LogP contribution in [0.25, 0.3) is 0 Å². The number of imidazole rings is 1. The van der Waals surface area contributed by atoms with Crippen LogP contribution in [0.2, 0.25) is 0 Å². The first-order valence-corrected chi connectivity index (χ1v) is 8.75. The summed E-state index contributed by atoms with van der Waals surface area (Å²) in [5.74, 6) is 0.236. The first-order chi connectivity index (χ1) is 13.2. The third-order valence-corrected chi connectivity index (χ3v) is 4.27. The Morgan fingerprint density at radius 1 is 1.15 bits per heavy atom. The van der Waals surface area contributed by atoms with Gasteiger partial charge in [-0.3, -0.25) is 4.79 Å². The summed E-state index contributed by atoms with van der Waals surface area (Å²) in [7, 11) is 1.59. The predicted molar refractivity (Wildman–Crippen MR) is 101 cm³/mol. The minimum absolute atomic E-state index is 0.179. The van der Waals surface area contributed by atoms with Crippen LogP contribution in [0.4, 0.5) is 4.39 Å². The summed E-state index contributed by atoms with van der Waals surface area (Å²) in [5, 5.41) is 0. The molecule has 0 aliphatic carbocycles. The van der Waals surface area contributed by atoms with Crippen molar-refractivity contribution in [1.82, 2.24) is 14.5 Å². The minimum atomic E-state index is -0.367. The van der Waals surface area contributed by atoms with Crippen LogP contribution in [0.3, 0.4) is 0 Å². The van der Waals surface area contributed by atoms with Crippen LogP contribution in [0.15, 0.2) is 67.0 Å². The van der Waals surface area contributed by atoms with Crippen molar-refractivity contribution >= 4 is 5.91 Å². The van der Waals surface area contributed by atoms with Crippen molar-refractivity contribution in [3.8, 4) is 0 Å². The fourth-order valence-electron chi connectivity index (χ4n) is 2.82. The molecule has 3 aromatic rings. The number of hydrogen-bond donors (Lipinski definition) is 0. The number of carbonyl (C=O) groups excluding carboxylic acids is 1. The fraction of sp³-hybridized carbons (Fsp3) is 0.238. The van der Waals surface area contributed by atoms with E-state index in [1.165, 1.54) is 24.3 Å². The molecule has 0 aliphatic rings. The van der Waals surface area contributed by atoms with Crippen LogP contribution < -0.4 is 0 Å². The van der Waals surface area contributed by atoms with Crippen molar-refractivity contribution in [2.45, 2.75) is 13.1 Å². The van der Waals surface area contributed by atoms with Gasteiger partial charge in [-0.25, -0.2) is 9.37 Å². The summed E-state index contributed by atoms with van der Waals surface area (Å²) in [5.41, 5.74) is 1.60. The van der Waals surface area contributed by atoms with Crippen LogP contribution in [-0.2, 0) is 17.8 Å². The number of benzene rings is 2. The molecule has 0 bridgehead atoms. The Kier molecular flexibility index (Phi) is 6.33. The van der Waals surface area contributed by atoms with Crippen molar-refractivity contribution in [3.05, 3.63) is 89.8 Å². The molecule has 2 aromatic carbocycles.